The topological polar surface area (TPSA) is 106 Å². The van der Waals surface area contributed by atoms with Gasteiger partial charge in [0.2, 0.25) is 0 Å². The zero-order chi connectivity index (χ0) is 26.6. The van der Waals surface area contributed by atoms with Crippen molar-refractivity contribution < 1.29 is 23.9 Å². The van der Waals surface area contributed by atoms with Crippen LogP contribution in [0.3, 0.4) is 0 Å². The minimum absolute atomic E-state index is 0.184. The number of hydrogen-bond donors (Lipinski definition) is 2. The quantitative estimate of drug-likeness (QED) is 0.224. The highest BCUT2D eigenvalue weighted by Crippen LogP contribution is 2.37. The zero-order valence-corrected chi connectivity index (χ0v) is 20.4. The molecule has 0 unspecified atom stereocenters. The molecule has 1 aliphatic rings. The summed E-state index contributed by atoms with van der Waals surface area (Å²) in [7, 11) is 0. The standard InChI is InChI=1S/C30H23N3O5/c1-2-38-29(36)21-13-15-23(16-14-21)33-25(19-9-5-3-6-10-19)18-22(26(33)20-11-7-4-8-12-20)17-24-27(34)31-30(37)32-28(24)35/h3-18H,2H2,1H3,(H2,31,32,34,35,37). The number of barbiturate groups is 1. The van der Waals surface area contributed by atoms with Crippen molar-refractivity contribution in [3.05, 3.63) is 108 Å². The van der Waals surface area contributed by atoms with Crippen molar-refractivity contribution in [2.24, 2.45) is 0 Å². The van der Waals surface area contributed by atoms with Crippen molar-refractivity contribution in [1.82, 2.24) is 15.2 Å². The van der Waals surface area contributed by atoms with Crippen LogP contribution >= 0.6 is 0 Å². The van der Waals surface area contributed by atoms with E-state index < -0.39 is 23.8 Å². The Hall–Kier alpha value is -5.24. The molecule has 0 atom stereocenters. The third kappa shape index (κ3) is 4.75. The Morgan fingerprint density at radius 1 is 0.816 bits per heavy atom. The first-order valence-corrected chi connectivity index (χ1v) is 12.0. The number of benzene rings is 3. The SMILES string of the molecule is CCOC(=O)c1ccc(-n2c(-c3ccccc3)cc(C=C3C(=O)NC(=O)NC3=O)c2-c2ccccc2)cc1. The molecular weight excluding hydrogens is 482 g/mol. The molecule has 8 heteroatoms. The van der Waals surface area contributed by atoms with Crippen molar-refractivity contribution in [3.63, 3.8) is 0 Å². The number of aromatic nitrogens is 1. The van der Waals surface area contributed by atoms with E-state index >= 15 is 0 Å². The zero-order valence-electron chi connectivity index (χ0n) is 20.4. The summed E-state index contributed by atoms with van der Waals surface area (Å²) in [6, 6.07) is 27.3. The summed E-state index contributed by atoms with van der Waals surface area (Å²) in [6.07, 6.45) is 1.48. The molecule has 0 saturated carbocycles. The van der Waals surface area contributed by atoms with Crippen molar-refractivity contribution in [3.8, 4) is 28.2 Å². The monoisotopic (exact) mass is 505 g/mol. The van der Waals surface area contributed by atoms with Crippen LogP contribution in [0.25, 0.3) is 34.3 Å². The highest BCUT2D eigenvalue weighted by atomic mass is 16.5. The second kappa shape index (κ2) is 10.4. The fourth-order valence-corrected chi connectivity index (χ4v) is 4.34. The molecule has 4 amide bonds. The van der Waals surface area contributed by atoms with Crippen LogP contribution in [0.4, 0.5) is 4.79 Å². The molecule has 4 aromatic rings. The first-order valence-electron chi connectivity index (χ1n) is 12.0. The largest absolute Gasteiger partial charge is 0.462 e. The lowest BCUT2D eigenvalue weighted by Crippen LogP contribution is -2.51. The molecule has 188 valence electrons. The Labute approximate surface area is 218 Å². The van der Waals surface area contributed by atoms with Gasteiger partial charge in [-0.1, -0.05) is 60.7 Å². The first kappa shape index (κ1) is 24.5. The summed E-state index contributed by atoms with van der Waals surface area (Å²) in [6.45, 7) is 2.03. The second-order valence-electron chi connectivity index (χ2n) is 8.46. The number of carbonyl (C=O) groups excluding carboxylic acids is 4. The van der Waals surface area contributed by atoms with E-state index in [4.69, 9.17) is 4.74 Å². The van der Waals surface area contributed by atoms with Gasteiger partial charge in [-0.3, -0.25) is 20.2 Å². The maximum atomic E-state index is 12.5. The Balaban J connectivity index is 1.77. The molecule has 5 rings (SSSR count). The van der Waals surface area contributed by atoms with E-state index in [0.717, 1.165) is 28.2 Å². The molecule has 3 aromatic carbocycles. The lowest BCUT2D eigenvalue weighted by Gasteiger charge is -2.16. The second-order valence-corrected chi connectivity index (χ2v) is 8.46. The van der Waals surface area contributed by atoms with E-state index in [1.54, 1.807) is 19.1 Å². The molecule has 0 aliphatic carbocycles. The molecular formula is C30H23N3O5. The lowest BCUT2D eigenvalue weighted by molar-refractivity contribution is -0.123. The van der Waals surface area contributed by atoms with Crippen molar-refractivity contribution in [1.29, 1.82) is 0 Å². The predicted molar refractivity (Wildman–Crippen MR) is 142 cm³/mol. The number of urea groups is 1. The number of imide groups is 2. The summed E-state index contributed by atoms with van der Waals surface area (Å²) in [5.41, 5.74) is 4.85. The van der Waals surface area contributed by atoms with Crippen LogP contribution in [0.1, 0.15) is 22.8 Å². The number of amides is 4. The molecule has 38 heavy (non-hydrogen) atoms. The molecule has 2 heterocycles. The van der Waals surface area contributed by atoms with Gasteiger partial charge in [0, 0.05) is 11.3 Å². The third-order valence-corrected chi connectivity index (χ3v) is 6.03. The maximum absolute atomic E-state index is 12.5. The van der Waals surface area contributed by atoms with Gasteiger partial charge in [-0.15, -0.1) is 0 Å². The van der Waals surface area contributed by atoms with Gasteiger partial charge >= 0.3 is 12.0 Å². The number of esters is 1. The molecule has 0 radical (unpaired) electrons. The normalized spacial score (nSPS) is 13.1. The summed E-state index contributed by atoms with van der Waals surface area (Å²) in [5.74, 6) is -1.96. The van der Waals surface area contributed by atoms with Gasteiger partial charge < -0.3 is 9.30 Å². The minimum atomic E-state index is -0.857. The van der Waals surface area contributed by atoms with Crippen LogP contribution in [0.15, 0.2) is 96.6 Å². The number of carbonyl (C=O) groups is 4. The summed E-state index contributed by atoms with van der Waals surface area (Å²) in [5, 5.41) is 4.24. The number of rotatable bonds is 6. The Bertz CT molecular complexity index is 1550. The Morgan fingerprint density at radius 2 is 1.39 bits per heavy atom. The highest BCUT2D eigenvalue weighted by Gasteiger charge is 2.29. The van der Waals surface area contributed by atoms with Crippen molar-refractivity contribution in [2.45, 2.75) is 6.92 Å². The lowest BCUT2D eigenvalue weighted by atomic mass is 10.0. The number of nitrogens with zero attached hydrogens (tertiary/aromatic N) is 1. The fourth-order valence-electron chi connectivity index (χ4n) is 4.34. The molecule has 1 saturated heterocycles. The molecule has 2 N–H and O–H groups in total. The van der Waals surface area contributed by atoms with Crippen molar-refractivity contribution >= 4 is 29.9 Å². The number of ether oxygens (including phenoxy) is 1. The van der Waals surface area contributed by atoms with Gasteiger partial charge in [0.25, 0.3) is 11.8 Å². The van der Waals surface area contributed by atoms with E-state index in [1.165, 1.54) is 6.08 Å². The average molecular weight is 506 g/mol. The van der Waals surface area contributed by atoms with E-state index in [2.05, 4.69) is 10.6 Å². The van der Waals surface area contributed by atoms with Gasteiger partial charge in [-0.2, -0.15) is 0 Å². The molecule has 1 aromatic heterocycles. The molecule has 8 nitrogen and oxygen atoms in total. The minimum Gasteiger partial charge on any atom is -0.462 e. The Kier molecular flexibility index (Phi) is 6.69. The molecule has 1 aliphatic heterocycles. The van der Waals surface area contributed by atoms with Crippen LogP contribution < -0.4 is 10.6 Å². The van der Waals surface area contributed by atoms with E-state index in [1.807, 2.05) is 83.4 Å². The van der Waals surface area contributed by atoms with E-state index in [9.17, 15) is 19.2 Å². The molecule has 0 bridgehead atoms. The van der Waals surface area contributed by atoms with Crippen molar-refractivity contribution in [2.75, 3.05) is 6.61 Å². The first-order chi connectivity index (χ1) is 18.5. The highest BCUT2D eigenvalue weighted by molar-refractivity contribution is 6.31. The maximum Gasteiger partial charge on any atom is 0.338 e. The third-order valence-electron chi connectivity index (χ3n) is 6.03. The van der Waals surface area contributed by atoms with Gasteiger partial charge in [0.1, 0.15) is 5.57 Å². The van der Waals surface area contributed by atoms with E-state index in [0.29, 0.717) is 11.1 Å². The molecule has 0 spiro atoms. The van der Waals surface area contributed by atoms with Crippen LogP contribution in [0, 0.1) is 0 Å². The fraction of sp³-hybridized carbons (Fsp3) is 0.0667. The van der Waals surface area contributed by atoms with Gasteiger partial charge in [0.05, 0.1) is 23.6 Å². The van der Waals surface area contributed by atoms with Gasteiger partial charge in [0.15, 0.2) is 0 Å². The van der Waals surface area contributed by atoms with Gasteiger partial charge in [-0.25, -0.2) is 9.59 Å². The summed E-state index contributed by atoms with van der Waals surface area (Å²) in [4.78, 5) is 48.9. The van der Waals surface area contributed by atoms with Crippen LogP contribution in [-0.4, -0.2) is 35.0 Å². The summed E-state index contributed by atoms with van der Waals surface area (Å²) < 4.78 is 7.13. The molecule has 1 fully saturated rings. The van der Waals surface area contributed by atoms with E-state index in [-0.39, 0.29) is 12.2 Å². The Morgan fingerprint density at radius 3 is 1.97 bits per heavy atom. The predicted octanol–water partition coefficient (Wildman–Crippen LogP) is 4.74. The summed E-state index contributed by atoms with van der Waals surface area (Å²) >= 11 is 0. The smallest absolute Gasteiger partial charge is 0.338 e. The number of nitrogens with one attached hydrogen (secondary N) is 2. The van der Waals surface area contributed by atoms with Crippen LogP contribution in [0.5, 0.6) is 0 Å². The van der Waals surface area contributed by atoms with Gasteiger partial charge in [-0.05, 0) is 54.5 Å². The average Bonchev–Trinajstić information content (AvgIpc) is 3.31. The van der Waals surface area contributed by atoms with Crippen LogP contribution in [-0.2, 0) is 14.3 Å². The van der Waals surface area contributed by atoms with Crippen LogP contribution in [0.2, 0.25) is 0 Å². The number of hydrogen-bond acceptors (Lipinski definition) is 5.